The molecule has 1 saturated carbocycles. The van der Waals surface area contributed by atoms with Gasteiger partial charge in [0.2, 0.25) is 5.91 Å². The quantitative estimate of drug-likeness (QED) is 0.636. The van der Waals surface area contributed by atoms with Crippen molar-refractivity contribution in [1.29, 1.82) is 0 Å². The van der Waals surface area contributed by atoms with Gasteiger partial charge in [0.15, 0.2) is 0 Å². The monoisotopic (exact) mass is 445 g/mol. The van der Waals surface area contributed by atoms with Crippen molar-refractivity contribution in [1.82, 2.24) is 9.88 Å². The highest BCUT2D eigenvalue weighted by Crippen LogP contribution is 2.33. The molecular weight excluding hydrogens is 418 g/mol. The summed E-state index contributed by atoms with van der Waals surface area (Å²) in [6, 6.07) is 7.30. The first-order chi connectivity index (χ1) is 14.5. The van der Waals surface area contributed by atoms with Gasteiger partial charge in [-0.2, -0.15) is 0 Å². The predicted molar refractivity (Wildman–Crippen MR) is 121 cm³/mol. The molecule has 2 heterocycles. The number of amides is 2. The zero-order valence-corrected chi connectivity index (χ0v) is 18.9. The number of hydrogen-bond donors (Lipinski definition) is 0. The molecule has 1 aromatic heterocycles. The number of aromatic nitrogens is 1. The van der Waals surface area contributed by atoms with Crippen LogP contribution >= 0.6 is 22.9 Å². The second kappa shape index (κ2) is 9.48. The summed E-state index contributed by atoms with van der Waals surface area (Å²) in [5, 5.41) is 3.37. The molecule has 7 heteroatoms. The van der Waals surface area contributed by atoms with Crippen LogP contribution in [0.15, 0.2) is 29.6 Å². The minimum Gasteiger partial charge on any atom is -0.342 e. The summed E-state index contributed by atoms with van der Waals surface area (Å²) in [6.07, 6.45) is 7.57. The predicted octanol–water partition coefficient (Wildman–Crippen LogP) is 5.36. The SMILES string of the molecule is CN(C(=O)c1csc(C2CCN(C(=O)C3CCCCC3)CC2)n1)c1ccccc1Cl. The third-order valence-corrected chi connectivity index (χ3v) is 7.70. The fourth-order valence-electron chi connectivity index (χ4n) is 4.53. The number of para-hydroxylation sites is 1. The molecule has 2 amide bonds. The van der Waals surface area contributed by atoms with Crippen LogP contribution in [0.2, 0.25) is 5.02 Å². The van der Waals surface area contributed by atoms with E-state index < -0.39 is 0 Å². The Balaban J connectivity index is 1.36. The van der Waals surface area contributed by atoms with E-state index in [-0.39, 0.29) is 11.8 Å². The Kier molecular flexibility index (Phi) is 6.74. The molecule has 1 aliphatic heterocycles. The number of thiazole rings is 1. The highest BCUT2D eigenvalue weighted by molar-refractivity contribution is 7.10. The molecule has 0 N–H and O–H groups in total. The zero-order valence-electron chi connectivity index (χ0n) is 17.3. The topological polar surface area (TPSA) is 53.5 Å². The summed E-state index contributed by atoms with van der Waals surface area (Å²) >= 11 is 7.77. The molecule has 0 radical (unpaired) electrons. The number of nitrogens with zero attached hydrogens (tertiary/aromatic N) is 3. The lowest BCUT2D eigenvalue weighted by molar-refractivity contribution is -0.137. The minimum absolute atomic E-state index is 0.157. The molecule has 30 heavy (non-hydrogen) atoms. The van der Waals surface area contributed by atoms with E-state index in [1.54, 1.807) is 29.4 Å². The summed E-state index contributed by atoms with van der Waals surface area (Å²) < 4.78 is 0. The molecule has 1 saturated heterocycles. The van der Waals surface area contributed by atoms with Gasteiger partial charge in [0, 0.05) is 37.4 Å². The summed E-state index contributed by atoms with van der Waals surface area (Å²) in [7, 11) is 1.72. The van der Waals surface area contributed by atoms with E-state index in [1.165, 1.54) is 19.3 Å². The van der Waals surface area contributed by atoms with E-state index in [1.807, 2.05) is 23.6 Å². The Morgan fingerprint density at radius 1 is 1.10 bits per heavy atom. The van der Waals surface area contributed by atoms with Gasteiger partial charge in [0.1, 0.15) is 5.69 Å². The maximum atomic E-state index is 12.9. The van der Waals surface area contributed by atoms with Crippen LogP contribution < -0.4 is 4.90 Å². The van der Waals surface area contributed by atoms with Crippen LogP contribution in [0.1, 0.15) is 66.4 Å². The Morgan fingerprint density at radius 2 is 1.80 bits per heavy atom. The van der Waals surface area contributed by atoms with Gasteiger partial charge in [0.05, 0.1) is 15.7 Å². The maximum Gasteiger partial charge on any atom is 0.277 e. The number of piperidine rings is 1. The van der Waals surface area contributed by atoms with Gasteiger partial charge in [-0.25, -0.2) is 4.98 Å². The highest BCUT2D eigenvalue weighted by atomic mass is 35.5. The van der Waals surface area contributed by atoms with Crippen molar-refractivity contribution in [3.63, 3.8) is 0 Å². The fourth-order valence-corrected chi connectivity index (χ4v) is 5.76. The van der Waals surface area contributed by atoms with Crippen LogP contribution in [0.3, 0.4) is 0 Å². The first-order valence-electron chi connectivity index (χ1n) is 10.8. The summed E-state index contributed by atoms with van der Waals surface area (Å²) in [5.74, 6) is 0.748. The number of rotatable bonds is 4. The van der Waals surface area contributed by atoms with E-state index in [0.717, 1.165) is 43.8 Å². The van der Waals surface area contributed by atoms with Crippen LogP contribution in [-0.4, -0.2) is 41.8 Å². The zero-order chi connectivity index (χ0) is 21.1. The van der Waals surface area contributed by atoms with Gasteiger partial charge in [-0.1, -0.05) is 43.0 Å². The molecule has 4 rings (SSSR count). The van der Waals surface area contributed by atoms with Crippen LogP contribution in [0.25, 0.3) is 0 Å². The molecule has 0 spiro atoms. The third-order valence-electron chi connectivity index (χ3n) is 6.37. The lowest BCUT2D eigenvalue weighted by Crippen LogP contribution is -2.41. The van der Waals surface area contributed by atoms with Gasteiger partial charge < -0.3 is 9.80 Å². The van der Waals surface area contributed by atoms with Crippen molar-refractivity contribution in [3.05, 3.63) is 45.4 Å². The number of halogens is 1. The molecule has 0 unspecified atom stereocenters. The Morgan fingerprint density at radius 3 is 2.50 bits per heavy atom. The van der Waals surface area contributed by atoms with Gasteiger partial charge >= 0.3 is 0 Å². The Bertz CT molecular complexity index is 901. The molecule has 2 fully saturated rings. The smallest absolute Gasteiger partial charge is 0.277 e. The van der Waals surface area contributed by atoms with Crippen LogP contribution in [0.4, 0.5) is 5.69 Å². The normalized spacial score (nSPS) is 18.4. The Hall–Kier alpha value is -1.92. The lowest BCUT2D eigenvalue weighted by atomic mass is 9.87. The van der Waals surface area contributed by atoms with E-state index in [2.05, 4.69) is 9.88 Å². The number of benzene rings is 1. The molecule has 0 bridgehead atoms. The van der Waals surface area contributed by atoms with Crippen molar-refractivity contribution in [2.75, 3.05) is 25.0 Å². The van der Waals surface area contributed by atoms with Crippen molar-refractivity contribution >= 4 is 40.4 Å². The van der Waals surface area contributed by atoms with E-state index in [4.69, 9.17) is 11.6 Å². The van der Waals surface area contributed by atoms with Crippen LogP contribution in [0, 0.1) is 5.92 Å². The molecule has 2 aliphatic rings. The number of likely N-dealkylation sites (tertiary alicyclic amines) is 1. The van der Waals surface area contributed by atoms with Crippen LogP contribution in [0.5, 0.6) is 0 Å². The second-order valence-electron chi connectivity index (χ2n) is 8.32. The van der Waals surface area contributed by atoms with Gasteiger partial charge in [0.25, 0.3) is 5.91 Å². The molecule has 1 aromatic carbocycles. The van der Waals surface area contributed by atoms with Crippen molar-refractivity contribution in [2.45, 2.75) is 50.9 Å². The van der Waals surface area contributed by atoms with Crippen LogP contribution in [-0.2, 0) is 4.79 Å². The molecule has 2 aromatic rings. The number of anilines is 1. The summed E-state index contributed by atoms with van der Waals surface area (Å²) in [6.45, 7) is 1.59. The summed E-state index contributed by atoms with van der Waals surface area (Å²) in [4.78, 5) is 33.9. The standard InChI is InChI=1S/C23H28ClN3O2S/c1-26(20-10-6-5-9-18(20)24)23(29)19-15-30-21(25-19)16-11-13-27(14-12-16)22(28)17-7-3-2-4-8-17/h5-6,9-10,15-17H,2-4,7-8,11-14H2,1H3. The number of carbonyl (C=O) groups is 2. The molecular formula is C23H28ClN3O2S. The van der Waals surface area contributed by atoms with Gasteiger partial charge in [-0.05, 0) is 37.8 Å². The number of carbonyl (C=O) groups excluding carboxylic acids is 2. The minimum atomic E-state index is -0.157. The third kappa shape index (κ3) is 4.54. The molecule has 5 nitrogen and oxygen atoms in total. The maximum absolute atomic E-state index is 12.9. The van der Waals surface area contributed by atoms with E-state index in [9.17, 15) is 9.59 Å². The largest absolute Gasteiger partial charge is 0.342 e. The second-order valence-corrected chi connectivity index (χ2v) is 9.62. The average Bonchev–Trinajstić information content (AvgIpc) is 3.29. The average molecular weight is 446 g/mol. The van der Waals surface area contributed by atoms with Crippen molar-refractivity contribution in [3.8, 4) is 0 Å². The highest BCUT2D eigenvalue weighted by Gasteiger charge is 2.31. The molecule has 1 aliphatic carbocycles. The van der Waals surface area contributed by atoms with Gasteiger partial charge in [-0.3, -0.25) is 9.59 Å². The van der Waals surface area contributed by atoms with Gasteiger partial charge in [-0.15, -0.1) is 11.3 Å². The first-order valence-corrected chi connectivity index (χ1v) is 12.1. The van der Waals surface area contributed by atoms with Crippen molar-refractivity contribution in [2.24, 2.45) is 5.92 Å². The molecule has 0 atom stereocenters. The van der Waals surface area contributed by atoms with Crippen molar-refractivity contribution < 1.29 is 9.59 Å². The number of hydrogen-bond acceptors (Lipinski definition) is 4. The van der Waals surface area contributed by atoms with E-state index in [0.29, 0.717) is 28.2 Å². The summed E-state index contributed by atoms with van der Waals surface area (Å²) in [5.41, 5.74) is 1.13. The lowest BCUT2D eigenvalue weighted by Gasteiger charge is -2.34. The first kappa shape index (κ1) is 21.3. The fraction of sp³-hybridized carbons (Fsp3) is 0.522. The Labute approximate surface area is 187 Å². The van der Waals surface area contributed by atoms with E-state index >= 15 is 0 Å². The molecule has 160 valence electrons.